The summed E-state index contributed by atoms with van der Waals surface area (Å²) >= 11 is 0. The standard InChI is InChI=1S/C26H42N4O6/c1-6-8-10-17(4)21(36-26(35)23(27)16(3)7-2)14-22(31)30-20(13-19-11-9-12-28-15-19)24(32)29-18(5)25(33)34/h9,11-12,15-18,20-21,23H,6-8,10,13-14,27H2,1-5H3,(H,29,32)(H,30,31)(H,33,34)/t16-,17-,18-,20-,21-,23+/m0/s1. The average Bonchev–Trinajstić information content (AvgIpc) is 2.85. The van der Waals surface area contributed by atoms with Crippen LogP contribution in [0.15, 0.2) is 24.5 Å². The van der Waals surface area contributed by atoms with Crippen molar-refractivity contribution in [3.63, 3.8) is 0 Å². The first-order chi connectivity index (χ1) is 17.0. The van der Waals surface area contributed by atoms with E-state index in [1.54, 1.807) is 24.5 Å². The van der Waals surface area contributed by atoms with Gasteiger partial charge in [0.25, 0.3) is 0 Å². The third kappa shape index (κ3) is 10.7. The lowest BCUT2D eigenvalue weighted by atomic mass is 9.94. The first-order valence-corrected chi connectivity index (χ1v) is 12.7. The van der Waals surface area contributed by atoms with Crippen LogP contribution < -0.4 is 16.4 Å². The van der Waals surface area contributed by atoms with Gasteiger partial charge in [-0.2, -0.15) is 0 Å². The fraction of sp³-hybridized carbons (Fsp3) is 0.654. The van der Waals surface area contributed by atoms with E-state index in [4.69, 9.17) is 15.6 Å². The van der Waals surface area contributed by atoms with Crippen LogP contribution in [0.4, 0.5) is 0 Å². The Morgan fingerprint density at radius 2 is 1.81 bits per heavy atom. The quantitative estimate of drug-likeness (QED) is 0.248. The van der Waals surface area contributed by atoms with Gasteiger partial charge in [0.1, 0.15) is 24.2 Å². The van der Waals surface area contributed by atoms with Crippen LogP contribution >= 0.6 is 0 Å². The number of nitrogens with zero attached hydrogens (tertiary/aromatic N) is 1. The monoisotopic (exact) mass is 506 g/mol. The molecule has 2 amide bonds. The second-order valence-electron chi connectivity index (χ2n) is 9.46. The Hall–Kier alpha value is -3.01. The molecule has 202 valence electrons. The number of hydrogen-bond acceptors (Lipinski definition) is 7. The van der Waals surface area contributed by atoms with Crippen LogP contribution in [0.3, 0.4) is 0 Å². The fourth-order valence-electron chi connectivity index (χ4n) is 3.56. The van der Waals surface area contributed by atoms with Gasteiger partial charge in [-0.15, -0.1) is 0 Å². The molecule has 0 bridgehead atoms. The highest BCUT2D eigenvalue weighted by atomic mass is 16.5. The number of nitrogens with one attached hydrogen (secondary N) is 2. The molecule has 6 atom stereocenters. The number of carboxylic acid groups (broad SMARTS) is 1. The first kappa shape index (κ1) is 31.0. The van der Waals surface area contributed by atoms with Gasteiger partial charge in [-0.25, -0.2) is 0 Å². The summed E-state index contributed by atoms with van der Waals surface area (Å²) in [4.78, 5) is 53.8. The number of rotatable bonds is 16. The number of aromatic nitrogens is 1. The Morgan fingerprint density at radius 3 is 2.36 bits per heavy atom. The van der Waals surface area contributed by atoms with Crippen molar-refractivity contribution in [3.05, 3.63) is 30.1 Å². The van der Waals surface area contributed by atoms with Crippen molar-refractivity contribution in [2.75, 3.05) is 0 Å². The SMILES string of the molecule is CCCC[C@H](C)[C@H](CC(=O)N[C@@H](Cc1cccnc1)C(=O)N[C@@H](C)C(=O)O)OC(=O)[C@H](N)[C@@H](C)CC. The van der Waals surface area contributed by atoms with Crippen molar-refractivity contribution in [2.45, 2.75) is 97.4 Å². The second kappa shape index (κ2) is 15.9. The third-order valence-electron chi connectivity index (χ3n) is 6.37. The van der Waals surface area contributed by atoms with Crippen molar-refractivity contribution in [1.29, 1.82) is 0 Å². The molecule has 0 radical (unpaired) electrons. The van der Waals surface area contributed by atoms with E-state index in [0.29, 0.717) is 12.0 Å². The molecule has 0 saturated carbocycles. The molecule has 0 aliphatic carbocycles. The van der Waals surface area contributed by atoms with Crippen molar-refractivity contribution in [1.82, 2.24) is 15.6 Å². The summed E-state index contributed by atoms with van der Waals surface area (Å²) in [6.45, 7) is 9.12. The van der Waals surface area contributed by atoms with Crippen LogP contribution in [0, 0.1) is 11.8 Å². The molecule has 36 heavy (non-hydrogen) atoms. The number of amides is 2. The largest absolute Gasteiger partial charge is 0.480 e. The topological polar surface area (TPSA) is 161 Å². The third-order valence-corrected chi connectivity index (χ3v) is 6.37. The van der Waals surface area contributed by atoms with Crippen LogP contribution in [0.5, 0.6) is 0 Å². The van der Waals surface area contributed by atoms with E-state index in [-0.39, 0.29) is 24.7 Å². The highest BCUT2D eigenvalue weighted by molar-refractivity contribution is 5.90. The molecule has 10 heteroatoms. The van der Waals surface area contributed by atoms with Gasteiger partial charge in [-0.05, 0) is 36.8 Å². The molecule has 1 aromatic rings. The number of aliphatic carboxylic acids is 1. The molecule has 0 aromatic carbocycles. The van der Waals surface area contributed by atoms with Gasteiger partial charge in [-0.3, -0.25) is 24.2 Å². The minimum atomic E-state index is -1.19. The molecule has 10 nitrogen and oxygen atoms in total. The molecule has 0 fully saturated rings. The smallest absolute Gasteiger partial charge is 0.325 e. The second-order valence-corrected chi connectivity index (χ2v) is 9.46. The van der Waals surface area contributed by atoms with Gasteiger partial charge in [-0.1, -0.05) is 53.0 Å². The van der Waals surface area contributed by atoms with Gasteiger partial charge in [0.2, 0.25) is 11.8 Å². The summed E-state index contributed by atoms with van der Waals surface area (Å²) in [6, 6.07) is 0.509. The lowest BCUT2D eigenvalue weighted by molar-refractivity contribution is -0.156. The Morgan fingerprint density at radius 1 is 1.11 bits per heavy atom. The van der Waals surface area contributed by atoms with Crippen LogP contribution in [0.25, 0.3) is 0 Å². The molecule has 0 saturated heterocycles. The summed E-state index contributed by atoms with van der Waals surface area (Å²) < 4.78 is 5.71. The van der Waals surface area contributed by atoms with Gasteiger partial charge in [0, 0.05) is 18.8 Å². The van der Waals surface area contributed by atoms with Gasteiger partial charge >= 0.3 is 11.9 Å². The van der Waals surface area contributed by atoms with Gasteiger partial charge < -0.3 is 26.2 Å². The van der Waals surface area contributed by atoms with Crippen molar-refractivity contribution >= 4 is 23.8 Å². The number of carboxylic acids is 1. The Balaban J connectivity index is 3.02. The van der Waals surface area contributed by atoms with E-state index in [9.17, 15) is 19.2 Å². The van der Waals surface area contributed by atoms with E-state index in [1.165, 1.54) is 6.92 Å². The van der Waals surface area contributed by atoms with Crippen LogP contribution in [0.2, 0.25) is 0 Å². The highest BCUT2D eigenvalue weighted by Gasteiger charge is 2.31. The number of carbonyl (C=O) groups excluding carboxylic acids is 3. The molecular weight excluding hydrogens is 464 g/mol. The number of ether oxygens (including phenoxy) is 1. The van der Waals surface area contributed by atoms with Crippen LogP contribution in [-0.4, -0.2) is 58.1 Å². The zero-order chi connectivity index (χ0) is 27.3. The average molecular weight is 507 g/mol. The lowest BCUT2D eigenvalue weighted by Gasteiger charge is -2.27. The molecule has 5 N–H and O–H groups in total. The maximum atomic E-state index is 13.1. The number of esters is 1. The summed E-state index contributed by atoms with van der Waals surface area (Å²) in [5.74, 6) is -3.02. The number of carbonyl (C=O) groups is 4. The zero-order valence-electron chi connectivity index (χ0n) is 22.0. The molecule has 0 aliphatic heterocycles. The minimum Gasteiger partial charge on any atom is -0.480 e. The summed E-state index contributed by atoms with van der Waals surface area (Å²) in [7, 11) is 0. The molecular formula is C26H42N4O6. The van der Waals surface area contributed by atoms with Crippen LogP contribution in [-0.2, 0) is 30.3 Å². The summed E-state index contributed by atoms with van der Waals surface area (Å²) in [5.41, 5.74) is 6.74. The maximum Gasteiger partial charge on any atom is 0.325 e. The zero-order valence-corrected chi connectivity index (χ0v) is 22.0. The minimum absolute atomic E-state index is 0.0679. The number of pyridine rings is 1. The number of nitrogens with two attached hydrogens (primary N) is 1. The molecule has 0 aliphatic rings. The molecule has 1 heterocycles. The predicted molar refractivity (Wildman–Crippen MR) is 136 cm³/mol. The molecule has 1 rings (SSSR count). The van der Waals surface area contributed by atoms with E-state index >= 15 is 0 Å². The number of unbranched alkanes of at least 4 members (excludes halogenated alkanes) is 1. The van der Waals surface area contributed by atoms with Crippen LogP contribution in [0.1, 0.15) is 72.3 Å². The normalized spacial score (nSPS) is 16.1. The summed E-state index contributed by atoms with van der Waals surface area (Å²) in [5, 5.41) is 14.2. The van der Waals surface area contributed by atoms with Gasteiger partial charge in [0.15, 0.2) is 0 Å². The Kier molecular flexibility index (Phi) is 13.7. The molecule has 1 aromatic heterocycles. The highest BCUT2D eigenvalue weighted by Crippen LogP contribution is 2.20. The van der Waals surface area contributed by atoms with E-state index in [1.807, 2.05) is 20.8 Å². The van der Waals surface area contributed by atoms with Crippen molar-refractivity contribution < 1.29 is 29.0 Å². The fourth-order valence-corrected chi connectivity index (χ4v) is 3.56. The predicted octanol–water partition coefficient (Wildman–Crippen LogP) is 2.20. The Labute approximate surface area is 213 Å². The van der Waals surface area contributed by atoms with Crippen molar-refractivity contribution in [2.24, 2.45) is 17.6 Å². The molecule has 0 unspecified atom stereocenters. The van der Waals surface area contributed by atoms with E-state index in [0.717, 1.165) is 19.3 Å². The van der Waals surface area contributed by atoms with Crippen molar-refractivity contribution in [3.8, 4) is 0 Å². The number of hydrogen-bond donors (Lipinski definition) is 4. The Bertz CT molecular complexity index is 850. The van der Waals surface area contributed by atoms with Gasteiger partial charge in [0.05, 0.1) is 6.42 Å². The summed E-state index contributed by atoms with van der Waals surface area (Å²) in [6.07, 6.45) is 5.76. The van der Waals surface area contributed by atoms with E-state index in [2.05, 4.69) is 22.5 Å². The van der Waals surface area contributed by atoms with E-state index < -0.39 is 48.0 Å². The first-order valence-electron chi connectivity index (χ1n) is 12.7. The lowest BCUT2D eigenvalue weighted by Crippen LogP contribution is -2.52. The maximum absolute atomic E-state index is 13.1. The molecule has 0 spiro atoms.